The Bertz CT molecular complexity index is 1110. The van der Waals surface area contributed by atoms with Crippen molar-refractivity contribution in [3.05, 3.63) is 18.3 Å². The smallest absolute Gasteiger partial charge is 0.408 e. The van der Waals surface area contributed by atoms with Crippen LogP contribution in [0.1, 0.15) is 81.0 Å². The number of nitriles is 1. The van der Waals surface area contributed by atoms with Crippen LogP contribution < -0.4 is 10.6 Å². The first kappa shape index (κ1) is 36.3. The number of aromatic nitrogens is 1. The van der Waals surface area contributed by atoms with Crippen molar-refractivity contribution >= 4 is 30.6 Å². The minimum atomic E-state index is -0.463. The van der Waals surface area contributed by atoms with Gasteiger partial charge in [0.25, 0.3) is 0 Å². The Morgan fingerprint density at radius 2 is 1.82 bits per heavy atom. The lowest BCUT2D eigenvalue weighted by Gasteiger charge is -2.22. The molecule has 0 spiro atoms. The lowest BCUT2D eigenvalue weighted by molar-refractivity contribution is -0.129. The van der Waals surface area contributed by atoms with E-state index in [2.05, 4.69) is 42.5 Å². The van der Waals surface area contributed by atoms with Crippen LogP contribution in [0.3, 0.4) is 0 Å². The fraction of sp³-hybridized carbons (Fsp3) is 0.688. The number of hydrogen-bond acceptors (Lipinski definition) is 8. The van der Waals surface area contributed by atoms with Gasteiger partial charge in [0.15, 0.2) is 11.6 Å². The van der Waals surface area contributed by atoms with Crippen LogP contribution in [0.15, 0.2) is 18.3 Å². The number of nitrogens with one attached hydrogen (secondary N) is 2. The molecule has 4 aliphatic rings. The predicted octanol–water partition coefficient (Wildman–Crippen LogP) is 4.55. The van der Waals surface area contributed by atoms with Crippen molar-refractivity contribution in [2.24, 2.45) is 23.7 Å². The molecule has 2 saturated heterocycles. The van der Waals surface area contributed by atoms with Crippen molar-refractivity contribution in [2.45, 2.75) is 91.2 Å². The zero-order chi connectivity index (χ0) is 32.7. The van der Waals surface area contributed by atoms with Gasteiger partial charge in [0.05, 0.1) is 6.07 Å². The Labute approximate surface area is 263 Å². The summed E-state index contributed by atoms with van der Waals surface area (Å²) in [5.74, 6) is 2.86. The number of pyridine rings is 1. The third-order valence-electron chi connectivity index (χ3n) is 7.82. The molecule has 2 saturated carbocycles. The summed E-state index contributed by atoms with van der Waals surface area (Å²) < 4.78 is 5.24. The zero-order valence-corrected chi connectivity index (χ0v) is 26.8. The van der Waals surface area contributed by atoms with Gasteiger partial charge in [-0.2, -0.15) is 5.26 Å². The van der Waals surface area contributed by atoms with Crippen LogP contribution in [-0.4, -0.2) is 82.5 Å². The van der Waals surface area contributed by atoms with E-state index in [1.807, 2.05) is 18.7 Å². The number of alkyl carbamates (subject to hydrolysis) is 1. The number of ether oxygens (including phenoxy) is 1. The van der Waals surface area contributed by atoms with Crippen LogP contribution in [0.25, 0.3) is 0 Å². The first-order valence-electron chi connectivity index (χ1n) is 15.6. The van der Waals surface area contributed by atoms with E-state index in [1.54, 1.807) is 11.0 Å². The van der Waals surface area contributed by atoms with E-state index < -0.39 is 6.09 Å². The predicted molar refractivity (Wildman–Crippen MR) is 168 cm³/mol. The van der Waals surface area contributed by atoms with E-state index in [1.165, 1.54) is 37.9 Å². The second kappa shape index (κ2) is 18.0. The highest BCUT2D eigenvalue weighted by Gasteiger charge is 2.42. The summed E-state index contributed by atoms with van der Waals surface area (Å²) in [7, 11) is 0. The molecule has 2 aliphatic heterocycles. The summed E-state index contributed by atoms with van der Waals surface area (Å²) in [6.07, 6.45) is 10.0. The number of likely N-dealkylation sites (tertiary alicyclic amines) is 2. The van der Waals surface area contributed by atoms with Crippen molar-refractivity contribution in [1.82, 2.24) is 20.1 Å². The Balaban J connectivity index is 0.000000343. The number of carbonyl (C=O) groups is 4. The highest BCUT2D eigenvalue weighted by Crippen LogP contribution is 2.38. The van der Waals surface area contributed by atoms with E-state index in [4.69, 9.17) is 15.1 Å². The van der Waals surface area contributed by atoms with Gasteiger partial charge >= 0.3 is 6.09 Å². The summed E-state index contributed by atoms with van der Waals surface area (Å²) >= 11 is 0. The molecule has 4 unspecified atom stereocenters. The maximum absolute atomic E-state index is 12.1. The fourth-order valence-electron chi connectivity index (χ4n) is 5.29. The molecule has 4 atom stereocenters. The van der Waals surface area contributed by atoms with Crippen molar-refractivity contribution in [1.29, 1.82) is 5.26 Å². The Kier molecular flexibility index (Phi) is 14.9. The molecule has 3 heterocycles. The van der Waals surface area contributed by atoms with Gasteiger partial charge < -0.3 is 30.3 Å². The van der Waals surface area contributed by atoms with E-state index in [0.717, 1.165) is 51.2 Å². The van der Waals surface area contributed by atoms with Gasteiger partial charge in [-0.3, -0.25) is 14.4 Å². The van der Waals surface area contributed by atoms with Crippen LogP contribution in [-0.2, 0) is 19.1 Å². The summed E-state index contributed by atoms with van der Waals surface area (Å²) in [6, 6.07) is 4.93. The number of hydrogen-bond donors (Lipinski definition) is 3. The number of anilines is 1. The average molecular weight is 617 g/mol. The van der Waals surface area contributed by atoms with Gasteiger partial charge in [0.2, 0.25) is 18.7 Å². The second-order valence-electron chi connectivity index (χ2n) is 12.9. The number of nitrogens with zero attached hydrogens (tertiary/aromatic N) is 4. The Morgan fingerprint density at radius 3 is 2.30 bits per heavy atom. The fourth-order valence-corrected chi connectivity index (χ4v) is 5.29. The van der Waals surface area contributed by atoms with Crippen LogP contribution in [0.2, 0.25) is 0 Å². The minimum absolute atomic E-state index is 0. The van der Waals surface area contributed by atoms with Crippen molar-refractivity contribution in [3.8, 4) is 11.8 Å². The quantitative estimate of drug-likeness (QED) is 0.392. The maximum Gasteiger partial charge on any atom is 0.408 e. The number of fused-ring (bicyclic) bond motifs is 1. The highest BCUT2D eigenvalue weighted by molar-refractivity contribution is 5.82. The van der Waals surface area contributed by atoms with Gasteiger partial charge in [0, 0.05) is 27.3 Å². The normalized spacial score (nSPS) is 23.9. The second-order valence-corrected chi connectivity index (χ2v) is 12.9. The number of aromatic hydroxyl groups is 1. The van der Waals surface area contributed by atoms with E-state index in [-0.39, 0.29) is 37.1 Å². The lowest BCUT2D eigenvalue weighted by Crippen LogP contribution is -2.40. The van der Waals surface area contributed by atoms with Crippen molar-refractivity contribution < 1.29 is 30.4 Å². The molecule has 1 aromatic rings. The third kappa shape index (κ3) is 12.8. The van der Waals surface area contributed by atoms with Gasteiger partial charge in [0.1, 0.15) is 18.2 Å². The standard InChI is InChI=1S/C15H24N2O3.C7H10N2O.C6H6N2O2.C4H10.H2/c1-15(6-7-15)20-14(19)16-8-13(18)17-9-11-4-2-3-5-12(11)10-17;1-6-2-7(3-8)9(4-6)5-10;9-4-8-6-5(10)2-1-3-7-6;1-4(2)3;/h11-12H,2-10H2,1H3,(H,16,19);5-7H,2,4H2,1H3;1-4,10H,(H,7,8,9);4H,1-3H3;1H. The van der Waals surface area contributed by atoms with Crippen molar-refractivity contribution in [2.75, 3.05) is 31.5 Å². The molecule has 44 heavy (non-hydrogen) atoms. The average Bonchev–Trinajstić information content (AvgIpc) is 3.38. The highest BCUT2D eigenvalue weighted by atomic mass is 16.6. The molecule has 2 aliphatic carbocycles. The van der Waals surface area contributed by atoms with Gasteiger partial charge in [-0.25, -0.2) is 9.78 Å². The molecule has 5 rings (SSSR count). The molecule has 246 valence electrons. The first-order valence-corrected chi connectivity index (χ1v) is 15.6. The molecule has 3 N–H and O–H groups in total. The number of carbonyl (C=O) groups excluding carboxylic acids is 4. The van der Waals surface area contributed by atoms with E-state index in [0.29, 0.717) is 24.2 Å². The first-order chi connectivity index (χ1) is 20.9. The zero-order valence-electron chi connectivity index (χ0n) is 26.8. The van der Waals surface area contributed by atoms with Gasteiger partial charge in [-0.15, -0.1) is 0 Å². The molecule has 0 aromatic carbocycles. The molecule has 12 heteroatoms. The SMILES string of the molecule is CC(C)C.CC1(OC(=O)NCC(=O)N2CC3CCCCC3C2)CC1.CC1CC(C#N)N(C=O)C1.O=CNc1ncccc1O.[HH]. The maximum atomic E-state index is 12.1. The van der Waals surface area contributed by atoms with E-state index in [9.17, 15) is 19.2 Å². The minimum Gasteiger partial charge on any atom is -0.504 e. The molecular formula is C32H52N6O6. The largest absolute Gasteiger partial charge is 0.504 e. The van der Waals surface area contributed by atoms with Crippen LogP contribution in [0.4, 0.5) is 10.6 Å². The summed E-state index contributed by atoms with van der Waals surface area (Å²) in [5.41, 5.74) is -0.282. The molecule has 1 aromatic heterocycles. The Hall–Kier alpha value is -3.88. The monoisotopic (exact) mass is 616 g/mol. The molecule has 0 radical (unpaired) electrons. The number of amides is 4. The molecule has 4 amide bonds. The van der Waals surface area contributed by atoms with Gasteiger partial charge in [-0.05, 0) is 74.8 Å². The summed E-state index contributed by atoms with van der Waals surface area (Å²) in [4.78, 5) is 51.0. The van der Waals surface area contributed by atoms with Crippen LogP contribution in [0, 0.1) is 35.0 Å². The molecule has 4 fully saturated rings. The summed E-state index contributed by atoms with van der Waals surface area (Å²) in [6.45, 7) is 13.0. The third-order valence-corrected chi connectivity index (χ3v) is 7.82. The van der Waals surface area contributed by atoms with Crippen LogP contribution >= 0.6 is 0 Å². The molecular weight excluding hydrogens is 564 g/mol. The Morgan fingerprint density at radius 1 is 1.20 bits per heavy atom. The summed E-state index contributed by atoms with van der Waals surface area (Å²) in [5, 5.41) is 22.3. The topological polar surface area (TPSA) is 165 Å². The lowest BCUT2D eigenvalue weighted by atomic mass is 9.82. The van der Waals surface area contributed by atoms with Crippen molar-refractivity contribution in [3.63, 3.8) is 0 Å². The molecule has 12 nitrogen and oxygen atoms in total. The van der Waals surface area contributed by atoms with Crippen LogP contribution in [0.5, 0.6) is 5.75 Å². The van der Waals surface area contributed by atoms with E-state index >= 15 is 0 Å². The molecule has 0 bridgehead atoms. The van der Waals surface area contributed by atoms with Gasteiger partial charge in [-0.1, -0.05) is 40.5 Å². The number of rotatable bonds is 6.